The molecule has 1 N–H and O–H groups in total. The Balaban J connectivity index is 1.28. The van der Waals surface area contributed by atoms with E-state index in [0.29, 0.717) is 11.5 Å². The molecule has 39 heavy (non-hydrogen) atoms. The molecular weight excluding hydrogens is 488 g/mol. The molecular formula is C34H37O5-. The predicted molar refractivity (Wildman–Crippen MR) is 153 cm³/mol. The van der Waals surface area contributed by atoms with Crippen molar-refractivity contribution in [3.63, 3.8) is 0 Å². The minimum atomic E-state index is -0.776. The van der Waals surface area contributed by atoms with Crippen LogP contribution in [0.25, 0.3) is 0 Å². The summed E-state index contributed by atoms with van der Waals surface area (Å²) in [6, 6.07) is 30.8. The highest BCUT2D eigenvalue weighted by Gasteiger charge is 2.24. The Hall–Kier alpha value is -3.96. The van der Waals surface area contributed by atoms with E-state index in [1.54, 1.807) is 19.2 Å². The molecule has 1 atom stereocenters. The molecule has 0 bridgehead atoms. The van der Waals surface area contributed by atoms with Crippen LogP contribution in [0.1, 0.15) is 49.9 Å². The second-order valence-electron chi connectivity index (χ2n) is 10.8. The number of aliphatic hydroxyl groups excluding tert-OH is 1. The van der Waals surface area contributed by atoms with E-state index >= 15 is 0 Å². The Morgan fingerprint density at radius 3 is 1.21 bits per heavy atom. The molecule has 4 rings (SSSR count). The SMILES string of the molecule is COc1ccc(C(C)(C)c2ccc(OCC(O)COc3ccc(C(C)(C)c4ccc([O-])cc4)cc3)cc2)cc1. The highest BCUT2D eigenvalue weighted by Crippen LogP contribution is 2.34. The van der Waals surface area contributed by atoms with Crippen molar-refractivity contribution in [3.05, 3.63) is 119 Å². The molecule has 0 fully saturated rings. The summed E-state index contributed by atoms with van der Waals surface area (Å²) in [7, 11) is 1.67. The average Bonchev–Trinajstić information content (AvgIpc) is 2.95. The fourth-order valence-corrected chi connectivity index (χ4v) is 4.58. The van der Waals surface area contributed by atoms with Gasteiger partial charge in [-0.1, -0.05) is 88.4 Å². The quantitative estimate of drug-likeness (QED) is 0.251. The van der Waals surface area contributed by atoms with Crippen molar-refractivity contribution in [2.75, 3.05) is 20.3 Å². The Bertz CT molecular complexity index is 1320. The summed E-state index contributed by atoms with van der Waals surface area (Å²) >= 11 is 0. The van der Waals surface area contributed by atoms with Crippen molar-refractivity contribution in [3.8, 4) is 23.0 Å². The molecule has 0 amide bonds. The maximum absolute atomic E-state index is 11.4. The largest absolute Gasteiger partial charge is 0.872 e. The smallest absolute Gasteiger partial charge is 0.122 e. The zero-order valence-electron chi connectivity index (χ0n) is 23.3. The molecule has 5 heteroatoms. The number of hydrogen-bond acceptors (Lipinski definition) is 5. The molecule has 0 saturated carbocycles. The summed E-state index contributed by atoms with van der Waals surface area (Å²) in [5.41, 5.74) is 4.11. The van der Waals surface area contributed by atoms with Gasteiger partial charge < -0.3 is 24.4 Å². The van der Waals surface area contributed by atoms with Crippen LogP contribution in [0.3, 0.4) is 0 Å². The van der Waals surface area contributed by atoms with E-state index < -0.39 is 6.10 Å². The number of ether oxygens (including phenoxy) is 3. The summed E-state index contributed by atoms with van der Waals surface area (Å²) in [5.74, 6) is 2.21. The van der Waals surface area contributed by atoms with Gasteiger partial charge in [0.15, 0.2) is 0 Å². The lowest BCUT2D eigenvalue weighted by molar-refractivity contribution is -0.268. The van der Waals surface area contributed by atoms with Crippen LogP contribution in [0.15, 0.2) is 97.1 Å². The van der Waals surface area contributed by atoms with E-state index in [0.717, 1.165) is 22.4 Å². The minimum absolute atomic E-state index is 0.00604. The summed E-state index contributed by atoms with van der Waals surface area (Å²) in [4.78, 5) is 0. The van der Waals surface area contributed by atoms with E-state index in [4.69, 9.17) is 14.2 Å². The molecule has 4 aromatic rings. The van der Waals surface area contributed by atoms with Crippen molar-refractivity contribution in [2.24, 2.45) is 0 Å². The topological polar surface area (TPSA) is 71.0 Å². The van der Waals surface area contributed by atoms with Crippen molar-refractivity contribution < 1.29 is 24.4 Å². The Kier molecular flexibility index (Phi) is 8.51. The molecule has 5 nitrogen and oxygen atoms in total. The first-order chi connectivity index (χ1) is 18.6. The van der Waals surface area contributed by atoms with Gasteiger partial charge in [0.2, 0.25) is 0 Å². The molecule has 0 saturated heterocycles. The summed E-state index contributed by atoms with van der Waals surface area (Å²) < 4.78 is 16.9. The lowest BCUT2D eigenvalue weighted by Gasteiger charge is -2.27. The molecule has 0 spiro atoms. The molecule has 0 heterocycles. The lowest BCUT2D eigenvalue weighted by Crippen LogP contribution is -2.25. The summed E-state index contributed by atoms with van der Waals surface area (Å²) in [5, 5.41) is 21.9. The monoisotopic (exact) mass is 525 g/mol. The first-order valence-corrected chi connectivity index (χ1v) is 13.2. The third-order valence-corrected chi connectivity index (χ3v) is 7.42. The fourth-order valence-electron chi connectivity index (χ4n) is 4.58. The van der Waals surface area contributed by atoms with Crippen LogP contribution in [-0.2, 0) is 10.8 Å². The molecule has 204 valence electrons. The van der Waals surface area contributed by atoms with E-state index in [9.17, 15) is 10.2 Å². The molecule has 4 aromatic carbocycles. The van der Waals surface area contributed by atoms with Crippen LogP contribution in [0, 0.1) is 0 Å². The Morgan fingerprint density at radius 1 is 0.564 bits per heavy atom. The van der Waals surface area contributed by atoms with E-state index in [1.165, 1.54) is 5.56 Å². The zero-order valence-corrected chi connectivity index (χ0v) is 23.3. The zero-order chi connectivity index (χ0) is 28.0. The third kappa shape index (κ3) is 6.73. The van der Waals surface area contributed by atoms with Gasteiger partial charge in [0, 0.05) is 10.8 Å². The maximum Gasteiger partial charge on any atom is 0.122 e. The van der Waals surface area contributed by atoms with Crippen LogP contribution in [0.5, 0.6) is 23.0 Å². The van der Waals surface area contributed by atoms with E-state index in [1.807, 2.05) is 60.7 Å². The number of rotatable bonds is 11. The van der Waals surface area contributed by atoms with Gasteiger partial charge in [-0.3, -0.25) is 0 Å². The normalized spacial score (nSPS) is 12.6. The van der Waals surface area contributed by atoms with Crippen LogP contribution < -0.4 is 19.3 Å². The van der Waals surface area contributed by atoms with Crippen LogP contribution in [0.2, 0.25) is 0 Å². The highest BCUT2D eigenvalue weighted by molar-refractivity contribution is 5.43. The van der Waals surface area contributed by atoms with Gasteiger partial charge in [0.05, 0.1) is 7.11 Å². The fraction of sp³-hybridized carbons (Fsp3) is 0.294. The molecule has 0 radical (unpaired) electrons. The van der Waals surface area contributed by atoms with Gasteiger partial charge in [-0.2, -0.15) is 0 Å². The minimum Gasteiger partial charge on any atom is -0.872 e. The summed E-state index contributed by atoms with van der Waals surface area (Å²) in [6.45, 7) is 8.86. The lowest BCUT2D eigenvalue weighted by atomic mass is 9.78. The summed E-state index contributed by atoms with van der Waals surface area (Å²) in [6.07, 6.45) is -0.776. The van der Waals surface area contributed by atoms with Gasteiger partial charge >= 0.3 is 0 Å². The molecule has 0 aliphatic rings. The molecule has 0 aliphatic carbocycles. The molecule has 1 unspecified atom stereocenters. The van der Waals surface area contributed by atoms with Crippen molar-refractivity contribution in [2.45, 2.75) is 44.6 Å². The van der Waals surface area contributed by atoms with Gasteiger partial charge in [-0.15, -0.1) is 5.75 Å². The average molecular weight is 526 g/mol. The van der Waals surface area contributed by atoms with Crippen molar-refractivity contribution in [1.29, 1.82) is 0 Å². The molecule has 0 aliphatic heterocycles. The number of hydrogen-bond donors (Lipinski definition) is 1. The predicted octanol–water partition coefficient (Wildman–Crippen LogP) is 6.24. The van der Waals surface area contributed by atoms with Crippen LogP contribution in [-0.4, -0.2) is 31.5 Å². The first-order valence-electron chi connectivity index (χ1n) is 13.2. The van der Waals surface area contributed by atoms with Crippen LogP contribution in [0.4, 0.5) is 0 Å². The maximum atomic E-state index is 11.4. The second-order valence-corrected chi connectivity index (χ2v) is 10.8. The number of benzene rings is 4. The Morgan fingerprint density at radius 2 is 0.872 bits per heavy atom. The standard InChI is InChI=1S/C34H38O5/c1-33(2,24-6-14-28(35)15-7-24)26-10-18-31(19-11-26)38-22-29(36)23-39-32-20-12-27(13-21-32)34(3,4)25-8-16-30(37-5)17-9-25/h6-21,29,35-36H,22-23H2,1-5H3/p-1. The van der Waals surface area contributed by atoms with E-state index in [-0.39, 0.29) is 29.8 Å². The van der Waals surface area contributed by atoms with Crippen molar-refractivity contribution >= 4 is 0 Å². The highest BCUT2D eigenvalue weighted by atomic mass is 16.5. The van der Waals surface area contributed by atoms with Gasteiger partial charge in [0.1, 0.15) is 36.6 Å². The van der Waals surface area contributed by atoms with Crippen LogP contribution >= 0.6 is 0 Å². The first kappa shape index (κ1) is 28.1. The van der Waals surface area contributed by atoms with E-state index in [2.05, 4.69) is 52.0 Å². The van der Waals surface area contributed by atoms with Crippen molar-refractivity contribution in [1.82, 2.24) is 0 Å². The Labute approximate surface area is 231 Å². The number of methoxy groups -OCH3 is 1. The second kappa shape index (κ2) is 11.8. The van der Waals surface area contributed by atoms with Gasteiger partial charge in [-0.25, -0.2) is 0 Å². The third-order valence-electron chi connectivity index (χ3n) is 7.42. The number of aliphatic hydroxyl groups is 1. The molecule has 0 aromatic heterocycles. The van der Waals surface area contributed by atoms with Gasteiger partial charge in [0.25, 0.3) is 0 Å². The van der Waals surface area contributed by atoms with Gasteiger partial charge in [-0.05, 0) is 58.7 Å².